The van der Waals surface area contributed by atoms with Gasteiger partial charge in [-0.15, -0.1) is 0 Å². The smallest absolute Gasteiger partial charge is 0.153 e. The van der Waals surface area contributed by atoms with Crippen LogP contribution in [-0.2, 0) is 0 Å². The molecule has 3 heteroatoms. The van der Waals surface area contributed by atoms with Crippen molar-refractivity contribution >= 4 is 23.0 Å². The first-order chi connectivity index (χ1) is 9.69. The first-order valence-corrected chi connectivity index (χ1v) is 7.31. The lowest BCUT2D eigenvalue weighted by Gasteiger charge is -2.29. The van der Waals surface area contributed by atoms with Crippen molar-refractivity contribution in [2.45, 2.75) is 33.1 Å². The van der Waals surface area contributed by atoms with Crippen LogP contribution in [0.1, 0.15) is 40.7 Å². The zero-order valence-corrected chi connectivity index (χ0v) is 12.1. The number of aryl methyl sites for hydroxylation is 2. The fourth-order valence-electron chi connectivity index (χ4n) is 3.10. The quantitative estimate of drug-likeness (QED) is 0.779. The Morgan fingerprint density at radius 1 is 1.10 bits per heavy atom. The molecule has 104 valence electrons. The topological polar surface area (TPSA) is 33.2 Å². The molecule has 0 N–H and O–H groups in total. The highest BCUT2D eigenvalue weighted by atomic mass is 16.1. The summed E-state index contributed by atoms with van der Waals surface area (Å²) in [6.07, 6.45) is 4.59. The van der Waals surface area contributed by atoms with Crippen LogP contribution in [0.25, 0.3) is 10.9 Å². The molecule has 2 aromatic rings. The highest BCUT2D eigenvalue weighted by molar-refractivity contribution is 5.93. The Kier molecular flexibility index (Phi) is 3.43. The molecule has 1 aromatic carbocycles. The number of piperidine rings is 1. The summed E-state index contributed by atoms with van der Waals surface area (Å²) in [5, 5.41) is 1.06. The Hall–Kier alpha value is -1.90. The lowest BCUT2D eigenvalue weighted by molar-refractivity contribution is 0.112. The highest BCUT2D eigenvalue weighted by Crippen LogP contribution is 2.27. The van der Waals surface area contributed by atoms with Crippen molar-refractivity contribution in [3.05, 3.63) is 34.9 Å². The number of hydrogen-bond acceptors (Lipinski definition) is 3. The van der Waals surface area contributed by atoms with E-state index in [2.05, 4.69) is 30.9 Å². The molecule has 0 saturated carbocycles. The SMILES string of the molecule is Cc1cc(C)c2nc(N3CCCCC3)c(C=O)cc2c1. The average molecular weight is 268 g/mol. The third kappa shape index (κ3) is 2.28. The minimum absolute atomic E-state index is 0.712. The molecule has 0 spiro atoms. The molecule has 0 aliphatic carbocycles. The minimum atomic E-state index is 0.712. The van der Waals surface area contributed by atoms with Gasteiger partial charge in [-0.3, -0.25) is 4.79 Å². The number of nitrogens with zero attached hydrogens (tertiary/aromatic N) is 2. The van der Waals surface area contributed by atoms with E-state index < -0.39 is 0 Å². The van der Waals surface area contributed by atoms with Crippen LogP contribution < -0.4 is 4.90 Å². The molecule has 1 aliphatic heterocycles. The molecule has 0 atom stereocenters. The van der Waals surface area contributed by atoms with E-state index in [-0.39, 0.29) is 0 Å². The largest absolute Gasteiger partial charge is 0.356 e. The predicted molar refractivity (Wildman–Crippen MR) is 82.7 cm³/mol. The highest BCUT2D eigenvalue weighted by Gasteiger charge is 2.17. The molecule has 1 saturated heterocycles. The van der Waals surface area contributed by atoms with E-state index in [1.807, 2.05) is 6.07 Å². The van der Waals surface area contributed by atoms with Crippen molar-refractivity contribution in [2.24, 2.45) is 0 Å². The number of aldehydes is 1. The first kappa shape index (κ1) is 13.1. The van der Waals surface area contributed by atoms with Gasteiger partial charge in [0.2, 0.25) is 0 Å². The number of anilines is 1. The number of rotatable bonds is 2. The summed E-state index contributed by atoms with van der Waals surface area (Å²) in [6.45, 7) is 6.17. The number of pyridine rings is 1. The Labute approximate surface area is 119 Å². The van der Waals surface area contributed by atoms with Gasteiger partial charge >= 0.3 is 0 Å². The zero-order chi connectivity index (χ0) is 14.1. The molecule has 3 rings (SSSR count). The summed E-state index contributed by atoms with van der Waals surface area (Å²) in [6, 6.07) is 6.23. The normalized spacial score (nSPS) is 15.6. The van der Waals surface area contributed by atoms with Crippen LogP contribution in [-0.4, -0.2) is 24.4 Å². The van der Waals surface area contributed by atoms with E-state index in [1.54, 1.807) is 0 Å². The summed E-state index contributed by atoms with van der Waals surface area (Å²) in [4.78, 5) is 18.5. The molecule has 1 aromatic heterocycles. The number of carbonyl (C=O) groups excluding carboxylic acids is 1. The molecule has 3 nitrogen and oxygen atoms in total. The molecule has 2 heterocycles. The monoisotopic (exact) mass is 268 g/mol. The molecule has 0 bridgehead atoms. The van der Waals surface area contributed by atoms with E-state index in [4.69, 9.17) is 4.98 Å². The number of carbonyl (C=O) groups is 1. The zero-order valence-electron chi connectivity index (χ0n) is 12.1. The summed E-state index contributed by atoms with van der Waals surface area (Å²) in [7, 11) is 0. The Morgan fingerprint density at radius 3 is 2.55 bits per heavy atom. The molecule has 1 fully saturated rings. The van der Waals surface area contributed by atoms with E-state index >= 15 is 0 Å². The molecule has 0 radical (unpaired) electrons. The van der Waals surface area contributed by atoms with Crippen molar-refractivity contribution in [1.29, 1.82) is 0 Å². The number of benzene rings is 1. The van der Waals surface area contributed by atoms with Crippen LogP contribution in [0.5, 0.6) is 0 Å². The second-order valence-electron chi connectivity index (χ2n) is 5.72. The predicted octanol–water partition coefficient (Wildman–Crippen LogP) is 3.65. The maximum absolute atomic E-state index is 11.4. The summed E-state index contributed by atoms with van der Waals surface area (Å²) in [5.41, 5.74) is 4.11. The third-order valence-corrected chi connectivity index (χ3v) is 4.04. The number of hydrogen-bond donors (Lipinski definition) is 0. The summed E-state index contributed by atoms with van der Waals surface area (Å²) in [5.74, 6) is 0.860. The molecule has 20 heavy (non-hydrogen) atoms. The number of aromatic nitrogens is 1. The minimum Gasteiger partial charge on any atom is -0.356 e. The summed E-state index contributed by atoms with van der Waals surface area (Å²) >= 11 is 0. The van der Waals surface area contributed by atoms with Gasteiger partial charge < -0.3 is 4.90 Å². The summed E-state index contributed by atoms with van der Waals surface area (Å²) < 4.78 is 0. The van der Waals surface area contributed by atoms with Crippen LogP contribution in [0.2, 0.25) is 0 Å². The fraction of sp³-hybridized carbons (Fsp3) is 0.412. The van der Waals surface area contributed by atoms with Gasteiger partial charge in [-0.2, -0.15) is 0 Å². The molecule has 0 amide bonds. The Balaban J connectivity index is 2.17. The Bertz CT molecular complexity index is 658. The van der Waals surface area contributed by atoms with E-state index in [9.17, 15) is 4.79 Å². The van der Waals surface area contributed by atoms with Gasteiger partial charge in [-0.25, -0.2) is 4.98 Å². The lowest BCUT2D eigenvalue weighted by Crippen LogP contribution is -2.31. The lowest BCUT2D eigenvalue weighted by atomic mass is 10.0. The van der Waals surface area contributed by atoms with Gasteiger partial charge in [0.1, 0.15) is 5.82 Å². The van der Waals surface area contributed by atoms with Gasteiger partial charge in [-0.05, 0) is 50.8 Å². The van der Waals surface area contributed by atoms with Crippen molar-refractivity contribution in [2.75, 3.05) is 18.0 Å². The molecule has 1 aliphatic rings. The second kappa shape index (κ2) is 5.23. The molecular formula is C17H20N2O. The van der Waals surface area contributed by atoms with Crippen LogP contribution in [0.15, 0.2) is 18.2 Å². The van der Waals surface area contributed by atoms with Crippen LogP contribution >= 0.6 is 0 Å². The molecular weight excluding hydrogens is 248 g/mol. The van der Waals surface area contributed by atoms with Crippen molar-refractivity contribution < 1.29 is 4.79 Å². The molecule has 0 unspecified atom stereocenters. The van der Waals surface area contributed by atoms with Gasteiger partial charge in [0, 0.05) is 18.5 Å². The van der Waals surface area contributed by atoms with Gasteiger partial charge in [0.25, 0.3) is 0 Å². The van der Waals surface area contributed by atoms with Crippen molar-refractivity contribution in [1.82, 2.24) is 4.98 Å². The van der Waals surface area contributed by atoms with Crippen molar-refractivity contribution in [3.63, 3.8) is 0 Å². The van der Waals surface area contributed by atoms with E-state index in [0.29, 0.717) is 5.56 Å². The van der Waals surface area contributed by atoms with Crippen LogP contribution in [0.4, 0.5) is 5.82 Å². The van der Waals surface area contributed by atoms with E-state index in [1.165, 1.54) is 30.4 Å². The fourth-order valence-corrected chi connectivity index (χ4v) is 3.10. The van der Waals surface area contributed by atoms with Gasteiger partial charge in [0.05, 0.1) is 11.1 Å². The third-order valence-electron chi connectivity index (χ3n) is 4.04. The van der Waals surface area contributed by atoms with Crippen LogP contribution in [0.3, 0.4) is 0 Å². The maximum Gasteiger partial charge on any atom is 0.153 e. The van der Waals surface area contributed by atoms with E-state index in [0.717, 1.165) is 36.1 Å². The average Bonchev–Trinajstić information content (AvgIpc) is 2.46. The Morgan fingerprint density at radius 2 is 1.85 bits per heavy atom. The van der Waals surface area contributed by atoms with Gasteiger partial charge in [-0.1, -0.05) is 11.6 Å². The van der Waals surface area contributed by atoms with Gasteiger partial charge in [0.15, 0.2) is 6.29 Å². The first-order valence-electron chi connectivity index (χ1n) is 7.31. The van der Waals surface area contributed by atoms with Crippen molar-refractivity contribution in [3.8, 4) is 0 Å². The maximum atomic E-state index is 11.4. The standard InChI is InChI=1S/C17H20N2O/c1-12-8-13(2)16-14(9-12)10-15(11-20)17(18-16)19-6-4-3-5-7-19/h8-11H,3-7H2,1-2H3. The second-order valence-corrected chi connectivity index (χ2v) is 5.72. The number of fused-ring (bicyclic) bond motifs is 1. The van der Waals surface area contributed by atoms with Crippen LogP contribution in [0, 0.1) is 13.8 Å².